The van der Waals surface area contributed by atoms with E-state index in [1.807, 2.05) is 54.3 Å². The molecule has 2 aliphatic rings. The fourth-order valence-electron chi connectivity index (χ4n) is 4.79. The van der Waals surface area contributed by atoms with E-state index in [0.717, 1.165) is 41.1 Å². The van der Waals surface area contributed by atoms with Crippen LogP contribution in [0.1, 0.15) is 36.6 Å². The molecule has 1 aromatic heterocycles. The summed E-state index contributed by atoms with van der Waals surface area (Å²) in [7, 11) is 1.60. The second-order valence-electron chi connectivity index (χ2n) is 8.70. The molecule has 0 N–H and O–H groups in total. The van der Waals surface area contributed by atoms with E-state index < -0.39 is 0 Å². The molecule has 0 radical (unpaired) electrons. The predicted molar refractivity (Wildman–Crippen MR) is 121 cm³/mol. The number of aryl methyl sites for hydroxylation is 1. The monoisotopic (exact) mass is 433 g/mol. The van der Waals surface area contributed by atoms with Crippen molar-refractivity contribution in [3.63, 3.8) is 0 Å². The molecule has 0 bridgehead atoms. The zero-order valence-electron chi connectivity index (χ0n) is 18.4. The number of para-hydroxylation sites is 2. The molecule has 0 spiro atoms. The topological polar surface area (TPSA) is 75.9 Å². The van der Waals surface area contributed by atoms with Crippen LogP contribution in [0.4, 0.5) is 5.69 Å². The van der Waals surface area contributed by atoms with Crippen molar-refractivity contribution >= 4 is 28.6 Å². The fraction of sp³-hybridized carbons (Fsp3) is 0.400. The first-order valence-electron chi connectivity index (χ1n) is 11.1. The van der Waals surface area contributed by atoms with Crippen LogP contribution in [-0.2, 0) is 9.59 Å². The lowest BCUT2D eigenvalue weighted by atomic mass is 9.95. The number of oxazole rings is 1. The van der Waals surface area contributed by atoms with Gasteiger partial charge < -0.3 is 19.0 Å². The van der Waals surface area contributed by atoms with E-state index in [1.165, 1.54) is 0 Å². The number of fused-ring (bicyclic) bond motifs is 1. The highest BCUT2D eigenvalue weighted by molar-refractivity contribution is 6.01. The third-order valence-electron chi connectivity index (χ3n) is 6.57. The molecule has 2 fully saturated rings. The van der Waals surface area contributed by atoms with E-state index in [4.69, 9.17) is 9.15 Å². The summed E-state index contributed by atoms with van der Waals surface area (Å²) in [5, 5.41) is 0. The molecule has 2 amide bonds. The Balaban J connectivity index is 1.24. The van der Waals surface area contributed by atoms with Crippen LogP contribution in [0.2, 0.25) is 0 Å². The van der Waals surface area contributed by atoms with Gasteiger partial charge in [0.2, 0.25) is 11.8 Å². The number of piperidine rings is 1. The van der Waals surface area contributed by atoms with Crippen molar-refractivity contribution in [1.29, 1.82) is 0 Å². The molecule has 1 atom stereocenters. The normalized spacial score (nSPS) is 19.7. The number of carbonyl (C=O) groups is 2. The first-order chi connectivity index (χ1) is 15.5. The van der Waals surface area contributed by atoms with Gasteiger partial charge >= 0.3 is 0 Å². The Hall–Kier alpha value is -3.35. The number of ether oxygens (including phenoxy) is 1. The van der Waals surface area contributed by atoms with Crippen LogP contribution in [0.25, 0.3) is 11.1 Å². The summed E-state index contributed by atoms with van der Waals surface area (Å²) in [5.74, 6) is 1.32. The number of anilines is 1. The second kappa shape index (κ2) is 8.30. The first-order valence-corrected chi connectivity index (χ1v) is 11.1. The van der Waals surface area contributed by atoms with E-state index in [2.05, 4.69) is 4.98 Å². The summed E-state index contributed by atoms with van der Waals surface area (Å²) in [5.41, 5.74) is 3.46. The predicted octanol–water partition coefficient (Wildman–Crippen LogP) is 3.90. The minimum Gasteiger partial charge on any atom is -0.495 e. The van der Waals surface area contributed by atoms with Crippen LogP contribution in [0, 0.1) is 12.8 Å². The van der Waals surface area contributed by atoms with E-state index in [0.29, 0.717) is 25.4 Å². The Morgan fingerprint density at radius 1 is 1.16 bits per heavy atom. The van der Waals surface area contributed by atoms with Crippen molar-refractivity contribution in [1.82, 2.24) is 9.88 Å². The van der Waals surface area contributed by atoms with Crippen molar-refractivity contribution in [2.24, 2.45) is 5.92 Å². The third-order valence-corrected chi connectivity index (χ3v) is 6.57. The number of carbonyl (C=O) groups excluding carboxylic acids is 2. The van der Waals surface area contributed by atoms with Crippen LogP contribution >= 0.6 is 0 Å². The quantitative estimate of drug-likeness (QED) is 0.624. The maximum atomic E-state index is 13.2. The molecule has 32 heavy (non-hydrogen) atoms. The van der Waals surface area contributed by atoms with Crippen molar-refractivity contribution in [2.45, 2.75) is 32.1 Å². The van der Waals surface area contributed by atoms with Gasteiger partial charge in [-0.05, 0) is 49.6 Å². The van der Waals surface area contributed by atoms with Gasteiger partial charge in [-0.2, -0.15) is 0 Å². The number of methoxy groups -OCH3 is 1. The average Bonchev–Trinajstić information content (AvgIpc) is 3.42. The maximum Gasteiger partial charge on any atom is 0.228 e. The summed E-state index contributed by atoms with van der Waals surface area (Å²) < 4.78 is 11.4. The summed E-state index contributed by atoms with van der Waals surface area (Å²) in [4.78, 5) is 34.2. The van der Waals surface area contributed by atoms with Gasteiger partial charge in [-0.15, -0.1) is 0 Å². The highest BCUT2D eigenvalue weighted by Gasteiger charge is 2.39. The third kappa shape index (κ3) is 3.72. The minimum atomic E-state index is -0.325. The molecule has 0 saturated carbocycles. The highest BCUT2D eigenvalue weighted by atomic mass is 16.5. The van der Waals surface area contributed by atoms with Crippen molar-refractivity contribution in [2.75, 3.05) is 31.6 Å². The molecule has 0 aliphatic carbocycles. The smallest absolute Gasteiger partial charge is 0.228 e. The Labute approximate surface area is 187 Å². The van der Waals surface area contributed by atoms with Crippen LogP contribution in [0.3, 0.4) is 0 Å². The van der Waals surface area contributed by atoms with Gasteiger partial charge in [0.25, 0.3) is 0 Å². The maximum absolute atomic E-state index is 13.2. The zero-order valence-corrected chi connectivity index (χ0v) is 18.4. The van der Waals surface area contributed by atoms with Gasteiger partial charge in [-0.1, -0.05) is 18.2 Å². The number of amides is 2. The van der Waals surface area contributed by atoms with Crippen LogP contribution < -0.4 is 9.64 Å². The molecule has 3 heterocycles. The Morgan fingerprint density at radius 3 is 2.69 bits per heavy atom. The molecule has 2 aliphatic heterocycles. The molecule has 5 rings (SSSR count). The number of hydrogen-bond donors (Lipinski definition) is 0. The molecule has 3 aromatic rings. The van der Waals surface area contributed by atoms with Gasteiger partial charge in [-0.3, -0.25) is 9.59 Å². The lowest BCUT2D eigenvalue weighted by Gasteiger charge is -2.32. The largest absolute Gasteiger partial charge is 0.495 e. The Morgan fingerprint density at radius 2 is 1.94 bits per heavy atom. The lowest BCUT2D eigenvalue weighted by molar-refractivity contribution is -0.136. The zero-order chi connectivity index (χ0) is 22.2. The number of nitrogens with zero attached hydrogens (tertiary/aromatic N) is 3. The molecule has 2 aromatic carbocycles. The molecule has 166 valence electrons. The van der Waals surface area contributed by atoms with Gasteiger partial charge in [0.05, 0.1) is 18.7 Å². The van der Waals surface area contributed by atoms with Gasteiger partial charge in [-0.25, -0.2) is 4.98 Å². The van der Waals surface area contributed by atoms with Gasteiger partial charge in [0.15, 0.2) is 11.5 Å². The first kappa shape index (κ1) is 20.5. The second-order valence-corrected chi connectivity index (χ2v) is 8.70. The van der Waals surface area contributed by atoms with E-state index >= 15 is 0 Å². The fourth-order valence-corrected chi connectivity index (χ4v) is 4.79. The van der Waals surface area contributed by atoms with Crippen molar-refractivity contribution in [3.8, 4) is 5.75 Å². The molecular weight excluding hydrogens is 406 g/mol. The van der Waals surface area contributed by atoms with Crippen LogP contribution in [-0.4, -0.2) is 48.4 Å². The van der Waals surface area contributed by atoms with Crippen LogP contribution in [0.15, 0.2) is 46.9 Å². The lowest BCUT2D eigenvalue weighted by Crippen LogP contribution is -2.42. The van der Waals surface area contributed by atoms with E-state index in [9.17, 15) is 9.59 Å². The Kier molecular flexibility index (Phi) is 5.33. The van der Waals surface area contributed by atoms with Crippen LogP contribution in [0.5, 0.6) is 5.75 Å². The average molecular weight is 434 g/mol. The summed E-state index contributed by atoms with van der Waals surface area (Å²) in [6.45, 7) is 3.68. The van der Waals surface area contributed by atoms with Gasteiger partial charge in [0.1, 0.15) is 11.3 Å². The van der Waals surface area contributed by atoms with Gasteiger partial charge in [0, 0.05) is 32.0 Å². The van der Waals surface area contributed by atoms with E-state index in [1.54, 1.807) is 12.0 Å². The van der Waals surface area contributed by atoms with E-state index in [-0.39, 0.29) is 30.1 Å². The molecular formula is C25H27N3O4. The molecule has 1 unspecified atom stereocenters. The number of aromatic nitrogens is 1. The van der Waals surface area contributed by atoms with Crippen molar-refractivity contribution in [3.05, 3.63) is 53.9 Å². The SMILES string of the molecule is COc1ccc(C)cc1N1CC(C(=O)N2CCC(c3nc4ccccc4o3)CC2)CC1=O. The summed E-state index contributed by atoms with van der Waals surface area (Å²) in [6, 6.07) is 13.5. The molecule has 7 nitrogen and oxygen atoms in total. The summed E-state index contributed by atoms with van der Waals surface area (Å²) in [6.07, 6.45) is 1.87. The number of rotatable bonds is 4. The number of hydrogen-bond acceptors (Lipinski definition) is 5. The minimum absolute atomic E-state index is 0.0337. The standard InChI is InChI=1S/C25H27N3O4/c1-16-7-8-22(31-2)20(13-16)28-15-18(14-23(28)29)25(30)27-11-9-17(10-12-27)24-26-19-5-3-4-6-21(19)32-24/h3-8,13,17-18H,9-12,14-15H2,1-2H3. The molecule has 2 saturated heterocycles. The number of benzene rings is 2. The number of likely N-dealkylation sites (tertiary alicyclic amines) is 1. The van der Waals surface area contributed by atoms with Crippen molar-refractivity contribution < 1.29 is 18.7 Å². The Bertz CT molecular complexity index is 1130. The summed E-state index contributed by atoms with van der Waals surface area (Å²) >= 11 is 0. The highest BCUT2D eigenvalue weighted by Crippen LogP contribution is 2.35. The molecule has 7 heteroatoms.